The number of rotatable bonds is 13. The molecule has 1 N–H and O–H groups in total. The van der Waals surface area contributed by atoms with Crippen molar-refractivity contribution in [2.75, 3.05) is 7.05 Å². The third kappa shape index (κ3) is 8.00. The van der Waals surface area contributed by atoms with Crippen LogP contribution in [0, 0.1) is 10.8 Å². The van der Waals surface area contributed by atoms with Gasteiger partial charge in [0.1, 0.15) is 17.1 Å². The van der Waals surface area contributed by atoms with Crippen LogP contribution in [-0.2, 0) is 0 Å². The minimum absolute atomic E-state index is 0.00906. The molecule has 2 rings (SSSR count). The summed E-state index contributed by atoms with van der Waals surface area (Å²) in [6.07, 6.45) is 4.16. The summed E-state index contributed by atoms with van der Waals surface area (Å²) in [5, 5.41) is 16.7. The molecule has 4 unspecified atom stereocenters. The molecule has 218 valence electrons. The third-order valence-electron chi connectivity index (χ3n) is 9.23. The van der Waals surface area contributed by atoms with Crippen LogP contribution < -0.4 is 9.47 Å². The van der Waals surface area contributed by atoms with Crippen molar-refractivity contribution >= 4 is 6.21 Å². The number of hydrazone groups is 1. The van der Waals surface area contributed by atoms with E-state index in [0.29, 0.717) is 0 Å². The van der Waals surface area contributed by atoms with Gasteiger partial charge in [0.25, 0.3) is 0 Å². The molecule has 2 aromatic carbocycles. The Labute approximate surface area is 238 Å². The fourth-order valence-corrected chi connectivity index (χ4v) is 5.13. The Kier molecular flexibility index (Phi) is 10.7. The Hall–Kier alpha value is -2.53. The molecule has 0 heterocycles. The minimum atomic E-state index is -0.487. The fourth-order valence-electron chi connectivity index (χ4n) is 5.13. The Balaban J connectivity index is 2.05. The van der Waals surface area contributed by atoms with Gasteiger partial charge in [-0.15, -0.1) is 0 Å². The summed E-state index contributed by atoms with van der Waals surface area (Å²) < 4.78 is 12.9. The molecule has 0 saturated heterocycles. The van der Waals surface area contributed by atoms with Crippen molar-refractivity contribution in [3.63, 3.8) is 0 Å². The van der Waals surface area contributed by atoms with Gasteiger partial charge in [-0.25, -0.2) is 0 Å². The van der Waals surface area contributed by atoms with E-state index in [1.54, 1.807) is 6.92 Å². The summed E-state index contributed by atoms with van der Waals surface area (Å²) in [4.78, 5) is 0. The fraction of sp³-hybridized carbons (Fsp3) is 0.618. The second-order valence-corrected chi connectivity index (χ2v) is 13.2. The van der Waals surface area contributed by atoms with Gasteiger partial charge in [0.2, 0.25) is 0 Å². The first kappa shape index (κ1) is 32.7. The van der Waals surface area contributed by atoms with E-state index >= 15 is 0 Å². The van der Waals surface area contributed by atoms with Gasteiger partial charge in [-0.2, -0.15) is 5.10 Å². The highest BCUT2D eigenvalue weighted by Crippen LogP contribution is 2.42. The first-order valence-corrected chi connectivity index (χ1v) is 14.5. The van der Waals surface area contributed by atoms with Crippen LogP contribution in [0.4, 0.5) is 0 Å². The second kappa shape index (κ2) is 12.8. The number of aliphatic hydroxyl groups is 1. The molecule has 0 amide bonds. The van der Waals surface area contributed by atoms with Gasteiger partial charge in [-0.3, -0.25) is 5.01 Å². The molecule has 5 heteroatoms. The molecule has 4 atom stereocenters. The van der Waals surface area contributed by atoms with E-state index in [2.05, 4.69) is 93.4 Å². The van der Waals surface area contributed by atoms with E-state index in [-0.39, 0.29) is 28.1 Å². The quantitative estimate of drug-likeness (QED) is 0.205. The highest BCUT2D eigenvalue weighted by Gasteiger charge is 2.43. The van der Waals surface area contributed by atoms with E-state index < -0.39 is 6.10 Å². The highest BCUT2D eigenvalue weighted by atomic mass is 16.5. The monoisotopic (exact) mass is 538 g/mol. The molecule has 0 saturated carbocycles. The van der Waals surface area contributed by atoms with Crippen LogP contribution in [0.25, 0.3) is 0 Å². The Morgan fingerprint density at radius 2 is 1.38 bits per heavy atom. The lowest BCUT2D eigenvalue weighted by Crippen LogP contribution is -2.50. The number of hydrogen-bond donors (Lipinski definition) is 1. The lowest BCUT2D eigenvalue weighted by Gasteiger charge is -2.46. The Bertz CT molecular complexity index is 1050. The molecule has 0 aliphatic heterocycles. The first-order chi connectivity index (χ1) is 18.0. The van der Waals surface area contributed by atoms with Crippen molar-refractivity contribution in [1.29, 1.82) is 0 Å². The van der Waals surface area contributed by atoms with Crippen LogP contribution in [0.15, 0.2) is 53.6 Å². The smallest absolute Gasteiger partial charge is 0.120 e. The van der Waals surface area contributed by atoms with Gasteiger partial charge < -0.3 is 14.6 Å². The van der Waals surface area contributed by atoms with Gasteiger partial charge in [-0.05, 0) is 99.9 Å². The number of ether oxygens (including phenoxy) is 2. The van der Waals surface area contributed by atoms with E-state index in [4.69, 9.17) is 14.6 Å². The second-order valence-electron chi connectivity index (χ2n) is 13.2. The Morgan fingerprint density at radius 3 is 1.85 bits per heavy atom. The summed E-state index contributed by atoms with van der Waals surface area (Å²) in [5.74, 6) is 1.67. The van der Waals surface area contributed by atoms with Crippen LogP contribution in [0.5, 0.6) is 11.5 Å². The molecule has 0 radical (unpaired) electrons. The van der Waals surface area contributed by atoms with Gasteiger partial charge in [0, 0.05) is 12.5 Å². The average Bonchev–Trinajstić information content (AvgIpc) is 2.86. The lowest BCUT2D eigenvalue weighted by molar-refractivity contribution is -0.0501. The lowest BCUT2D eigenvalue weighted by atomic mass is 9.70. The maximum atomic E-state index is 9.81. The van der Waals surface area contributed by atoms with Crippen molar-refractivity contribution < 1.29 is 14.6 Å². The zero-order chi connectivity index (χ0) is 29.6. The molecule has 39 heavy (non-hydrogen) atoms. The van der Waals surface area contributed by atoms with Gasteiger partial charge in [0.15, 0.2) is 0 Å². The minimum Gasteiger partial charge on any atom is -0.491 e. The molecule has 0 aliphatic rings. The van der Waals surface area contributed by atoms with Crippen molar-refractivity contribution in [2.24, 2.45) is 15.9 Å². The topological polar surface area (TPSA) is 54.3 Å². The molecule has 5 nitrogen and oxygen atoms in total. The predicted molar refractivity (Wildman–Crippen MR) is 165 cm³/mol. The first-order valence-electron chi connectivity index (χ1n) is 14.5. The van der Waals surface area contributed by atoms with Crippen molar-refractivity contribution in [2.45, 2.75) is 119 Å². The third-order valence-corrected chi connectivity index (χ3v) is 9.23. The van der Waals surface area contributed by atoms with Crippen molar-refractivity contribution in [3.8, 4) is 11.5 Å². The van der Waals surface area contributed by atoms with Crippen LogP contribution in [0.2, 0.25) is 0 Å². The SMILES string of the molecule is CCC(C)(Oc1ccc(C(C)O)cc1)C(C)(C)CC(C)Oc1ccc(C=NN(C)C(C)(CC)C(C)(C)C)cc1. The maximum Gasteiger partial charge on any atom is 0.120 e. The van der Waals surface area contributed by atoms with Crippen LogP contribution in [0.1, 0.15) is 113 Å². The van der Waals surface area contributed by atoms with Crippen molar-refractivity contribution in [3.05, 3.63) is 59.7 Å². The van der Waals surface area contributed by atoms with E-state index in [1.807, 2.05) is 42.6 Å². The average molecular weight is 539 g/mol. The maximum absolute atomic E-state index is 9.81. The normalized spacial score (nSPS) is 17.3. The molecule has 2 aromatic rings. The summed E-state index contributed by atoms with van der Waals surface area (Å²) in [6, 6.07) is 15.9. The van der Waals surface area contributed by atoms with Crippen LogP contribution in [0.3, 0.4) is 0 Å². The van der Waals surface area contributed by atoms with Crippen LogP contribution in [-0.4, -0.2) is 40.6 Å². The van der Waals surface area contributed by atoms with Gasteiger partial charge in [0.05, 0.1) is 24.0 Å². The van der Waals surface area contributed by atoms with Crippen molar-refractivity contribution in [1.82, 2.24) is 5.01 Å². The van der Waals surface area contributed by atoms with Crippen LogP contribution >= 0.6 is 0 Å². The predicted octanol–water partition coefficient (Wildman–Crippen LogP) is 8.65. The molecule has 0 spiro atoms. The largest absolute Gasteiger partial charge is 0.491 e. The summed E-state index contributed by atoms with van der Waals surface area (Å²) in [7, 11) is 2.06. The van der Waals surface area contributed by atoms with E-state index in [1.165, 1.54) is 0 Å². The molecule has 0 fully saturated rings. The molecular formula is C34H54N2O3. The van der Waals surface area contributed by atoms with E-state index in [0.717, 1.165) is 41.9 Å². The summed E-state index contributed by atoms with van der Waals surface area (Å²) >= 11 is 0. The summed E-state index contributed by atoms with van der Waals surface area (Å²) in [6.45, 7) is 24.0. The standard InChI is InChI=1S/C34H54N2O3/c1-13-33(10,31(5,6)7)36(12)35-24-27-15-19-29(20-16-27)38-25(3)23-32(8,9)34(11,14-2)39-30-21-17-28(18-22-30)26(4)37/h15-22,24-26,37H,13-14,23H2,1-12H3. The van der Waals surface area contributed by atoms with E-state index in [9.17, 15) is 5.11 Å². The molecule has 0 aromatic heterocycles. The molecule has 0 bridgehead atoms. The number of hydrogen-bond acceptors (Lipinski definition) is 5. The Morgan fingerprint density at radius 1 is 0.846 bits per heavy atom. The van der Waals surface area contributed by atoms with Gasteiger partial charge in [-0.1, -0.05) is 60.6 Å². The zero-order valence-corrected chi connectivity index (χ0v) is 26.6. The molecular weight excluding hydrogens is 484 g/mol. The number of aliphatic hydroxyl groups excluding tert-OH is 1. The number of nitrogens with zero attached hydrogens (tertiary/aromatic N) is 2. The highest BCUT2D eigenvalue weighted by molar-refractivity contribution is 5.79. The number of benzene rings is 2. The van der Waals surface area contributed by atoms with Gasteiger partial charge >= 0.3 is 0 Å². The zero-order valence-electron chi connectivity index (χ0n) is 26.6. The summed E-state index contributed by atoms with van der Waals surface area (Å²) in [5.41, 5.74) is 1.47. The molecule has 0 aliphatic carbocycles.